The van der Waals surface area contributed by atoms with Crippen molar-refractivity contribution in [3.05, 3.63) is 34.6 Å². The first-order valence-corrected chi connectivity index (χ1v) is 13.3. The molecular formula is C29H42O6. The maximum absolute atomic E-state index is 13.4. The van der Waals surface area contributed by atoms with Crippen LogP contribution in [-0.4, -0.2) is 45.9 Å². The average Bonchev–Trinajstić information content (AvgIpc) is 3.14. The summed E-state index contributed by atoms with van der Waals surface area (Å²) in [5.41, 5.74) is 2.09. The van der Waals surface area contributed by atoms with Gasteiger partial charge < -0.3 is 19.7 Å². The molecule has 4 aliphatic rings. The predicted octanol–water partition coefficient (Wildman–Crippen LogP) is 4.50. The first-order valence-electron chi connectivity index (χ1n) is 13.3. The van der Waals surface area contributed by atoms with Crippen LogP contribution in [0.1, 0.15) is 74.1 Å². The van der Waals surface area contributed by atoms with E-state index in [0.29, 0.717) is 23.2 Å². The van der Waals surface area contributed by atoms with Crippen LogP contribution in [0.5, 0.6) is 0 Å². The van der Waals surface area contributed by atoms with Gasteiger partial charge in [0, 0.05) is 28.9 Å². The Labute approximate surface area is 209 Å². The van der Waals surface area contributed by atoms with Gasteiger partial charge in [-0.2, -0.15) is 0 Å². The standard InChI is InChI=1S/C29H42O6/c1-14-8-9-22-18(5)24(30)19(6)28(34-22)23-21-13-29(33,17(4)12-16(3)11-15(2)10-14)35-27(21)20(7)25(31)26(23)32/h10,13-14,16-19,22-24,28,30,33H,8-9,11-12H2,1-7H3/t14-,16+,17-,18-,19+,22+,23?,24-,28+,29+/m0/s1. The highest BCUT2D eigenvalue weighted by atomic mass is 16.6. The van der Waals surface area contributed by atoms with Gasteiger partial charge in [-0.3, -0.25) is 9.59 Å². The Hall–Kier alpha value is -1.76. The summed E-state index contributed by atoms with van der Waals surface area (Å²) < 4.78 is 12.7. The van der Waals surface area contributed by atoms with Crippen LogP contribution in [0.15, 0.2) is 34.6 Å². The molecule has 1 fully saturated rings. The second kappa shape index (κ2) is 9.60. The van der Waals surface area contributed by atoms with Crippen LogP contribution in [0, 0.1) is 35.5 Å². The van der Waals surface area contributed by atoms with Crippen molar-refractivity contribution in [2.24, 2.45) is 35.5 Å². The third-order valence-electron chi connectivity index (χ3n) is 8.86. The molecule has 3 heterocycles. The number of ketones is 2. The van der Waals surface area contributed by atoms with E-state index in [0.717, 1.165) is 25.7 Å². The summed E-state index contributed by atoms with van der Waals surface area (Å²) in [4.78, 5) is 26.4. The van der Waals surface area contributed by atoms with Gasteiger partial charge in [0.2, 0.25) is 17.4 Å². The van der Waals surface area contributed by atoms with Crippen molar-refractivity contribution in [3.63, 3.8) is 0 Å². The minimum absolute atomic E-state index is 0.0886. The van der Waals surface area contributed by atoms with Crippen LogP contribution in [0.4, 0.5) is 0 Å². The van der Waals surface area contributed by atoms with E-state index in [4.69, 9.17) is 9.47 Å². The van der Waals surface area contributed by atoms with Crippen molar-refractivity contribution >= 4 is 11.6 Å². The normalized spacial score (nSPS) is 45.1. The summed E-state index contributed by atoms with van der Waals surface area (Å²) in [6, 6.07) is 0. The fourth-order valence-corrected chi connectivity index (χ4v) is 6.73. The fraction of sp³-hybridized carbons (Fsp3) is 0.724. The summed E-state index contributed by atoms with van der Waals surface area (Å²) in [5.74, 6) is -3.33. The predicted molar refractivity (Wildman–Crippen MR) is 133 cm³/mol. The molecule has 6 heteroatoms. The highest BCUT2D eigenvalue weighted by molar-refractivity contribution is 6.46. The molecule has 1 aliphatic carbocycles. The monoisotopic (exact) mass is 486 g/mol. The lowest BCUT2D eigenvalue weighted by Crippen LogP contribution is -2.54. The molecule has 0 saturated carbocycles. The van der Waals surface area contributed by atoms with Crippen molar-refractivity contribution in [2.45, 2.75) is 98.2 Å². The maximum atomic E-state index is 13.4. The molecule has 0 aromatic heterocycles. The van der Waals surface area contributed by atoms with Gasteiger partial charge in [-0.15, -0.1) is 0 Å². The Morgan fingerprint density at radius 1 is 1.03 bits per heavy atom. The quantitative estimate of drug-likeness (QED) is 0.387. The third-order valence-corrected chi connectivity index (χ3v) is 8.86. The van der Waals surface area contributed by atoms with Gasteiger partial charge in [0.25, 0.3) is 0 Å². The van der Waals surface area contributed by atoms with Crippen LogP contribution in [0.25, 0.3) is 0 Å². The van der Waals surface area contributed by atoms with Gasteiger partial charge >= 0.3 is 0 Å². The number of allylic oxidation sites excluding steroid dienone is 4. The summed E-state index contributed by atoms with van der Waals surface area (Å²) in [6.07, 6.45) is 5.73. The van der Waals surface area contributed by atoms with E-state index in [1.165, 1.54) is 5.57 Å². The zero-order chi connectivity index (χ0) is 25.8. The molecule has 6 nitrogen and oxygen atoms in total. The Balaban J connectivity index is 1.81. The fourth-order valence-electron chi connectivity index (χ4n) is 6.73. The maximum Gasteiger partial charge on any atom is 0.231 e. The molecule has 0 amide bonds. The molecule has 1 saturated heterocycles. The van der Waals surface area contributed by atoms with Gasteiger partial charge in [-0.1, -0.05) is 46.3 Å². The Kier molecular flexibility index (Phi) is 7.22. The van der Waals surface area contributed by atoms with E-state index in [1.807, 2.05) is 20.8 Å². The minimum atomic E-state index is -1.60. The number of ether oxygens (including phenoxy) is 2. The molecule has 2 N–H and O–H groups in total. The molecular weight excluding hydrogens is 444 g/mol. The summed E-state index contributed by atoms with van der Waals surface area (Å²) in [5, 5.41) is 22.7. The lowest BCUT2D eigenvalue weighted by atomic mass is 9.70. The molecule has 0 spiro atoms. The SMILES string of the molecule is CC1=C[C@@H](C)CC[C@H]2O[C@@H](C3C(=O)C(=O)C(C)=C4O[C@](O)(C=C43)[C@@H](C)C[C@H](C)C1)[C@H](C)[C@@H](O)[C@H]2C. The lowest BCUT2D eigenvalue weighted by molar-refractivity contribution is -0.183. The smallest absolute Gasteiger partial charge is 0.231 e. The molecule has 0 aromatic rings. The van der Waals surface area contributed by atoms with Crippen LogP contribution in [0.2, 0.25) is 0 Å². The van der Waals surface area contributed by atoms with Crippen LogP contribution >= 0.6 is 0 Å². The topological polar surface area (TPSA) is 93.1 Å². The lowest BCUT2D eigenvalue weighted by Gasteiger charge is -2.46. The number of hydrogen-bond acceptors (Lipinski definition) is 6. The van der Waals surface area contributed by atoms with Gasteiger partial charge in [-0.05, 0) is 57.4 Å². The van der Waals surface area contributed by atoms with Crippen molar-refractivity contribution in [1.29, 1.82) is 0 Å². The summed E-state index contributed by atoms with van der Waals surface area (Å²) >= 11 is 0. The molecule has 10 atom stereocenters. The zero-order valence-electron chi connectivity index (χ0n) is 22.2. The molecule has 1 unspecified atom stereocenters. The molecule has 4 rings (SSSR count). The number of rotatable bonds is 0. The van der Waals surface area contributed by atoms with E-state index in [-0.39, 0.29) is 29.4 Å². The Morgan fingerprint density at radius 3 is 2.40 bits per heavy atom. The molecule has 4 bridgehead atoms. The number of Topliss-reactive ketones (excluding diaryl/α,β-unsaturated/α-hetero) is 2. The first kappa shape index (κ1) is 26.3. The molecule has 0 aromatic carbocycles. The molecule has 0 radical (unpaired) electrons. The van der Waals surface area contributed by atoms with Crippen molar-refractivity contribution in [3.8, 4) is 0 Å². The Bertz CT molecular complexity index is 976. The molecule has 35 heavy (non-hydrogen) atoms. The number of carbonyl (C=O) groups is 2. The van der Waals surface area contributed by atoms with E-state index in [2.05, 4.69) is 26.8 Å². The molecule has 194 valence electrons. The van der Waals surface area contributed by atoms with E-state index < -0.39 is 35.5 Å². The number of aliphatic hydroxyl groups excluding tert-OH is 1. The van der Waals surface area contributed by atoms with Crippen molar-refractivity contribution in [1.82, 2.24) is 0 Å². The van der Waals surface area contributed by atoms with Gasteiger partial charge in [0.1, 0.15) is 5.76 Å². The number of aliphatic hydroxyl groups is 2. The zero-order valence-corrected chi connectivity index (χ0v) is 22.2. The average molecular weight is 487 g/mol. The number of fused-ring (bicyclic) bond motifs is 4. The van der Waals surface area contributed by atoms with E-state index in [9.17, 15) is 19.8 Å². The molecule has 3 aliphatic heterocycles. The highest BCUT2D eigenvalue weighted by Gasteiger charge is 2.55. The van der Waals surface area contributed by atoms with Gasteiger partial charge in [0.15, 0.2) is 0 Å². The summed E-state index contributed by atoms with van der Waals surface area (Å²) in [7, 11) is 0. The first-order chi connectivity index (χ1) is 16.3. The Morgan fingerprint density at radius 2 is 1.71 bits per heavy atom. The van der Waals surface area contributed by atoms with Gasteiger partial charge in [-0.25, -0.2) is 0 Å². The largest absolute Gasteiger partial charge is 0.458 e. The number of carbonyl (C=O) groups excluding carboxylic acids is 2. The third kappa shape index (κ3) is 4.70. The number of hydrogen-bond donors (Lipinski definition) is 2. The van der Waals surface area contributed by atoms with E-state index >= 15 is 0 Å². The minimum Gasteiger partial charge on any atom is -0.458 e. The van der Waals surface area contributed by atoms with Crippen LogP contribution < -0.4 is 0 Å². The summed E-state index contributed by atoms with van der Waals surface area (Å²) in [6.45, 7) is 14.0. The van der Waals surface area contributed by atoms with Crippen molar-refractivity contribution in [2.75, 3.05) is 0 Å². The second-order valence-electron chi connectivity index (χ2n) is 11.9. The second-order valence-corrected chi connectivity index (χ2v) is 11.9. The highest BCUT2D eigenvalue weighted by Crippen LogP contribution is 2.48. The van der Waals surface area contributed by atoms with Crippen LogP contribution in [0.3, 0.4) is 0 Å². The van der Waals surface area contributed by atoms with Crippen molar-refractivity contribution < 1.29 is 29.3 Å². The van der Waals surface area contributed by atoms with Crippen LogP contribution in [-0.2, 0) is 19.1 Å². The van der Waals surface area contributed by atoms with Gasteiger partial charge in [0.05, 0.1) is 24.2 Å². The van der Waals surface area contributed by atoms with E-state index in [1.54, 1.807) is 13.0 Å².